The van der Waals surface area contributed by atoms with E-state index in [0.717, 1.165) is 64.9 Å². The van der Waals surface area contributed by atoms with E-state index in [9.17, 15) is 9.90 Å². The molecule has 1 amide bonds. The van der Waals surface area contributed by atoms with E-state index in [-0.39, 0.29) is 24.1 Å². The smallest absolute Gasteiger partial charge is 0.410 e. The van der Waals surface area contributed by atoms with Crippen LogP contribution in [0.2, 0.25) is 51.4 Å². The normalized spacial score (nSPS) is 19.8. The second kappa shape index (κ2) is 15.8. The molecule has 3 aromatic rings. The van der Waals surface area contributed by atoms with Crippen LogP contribution in [-0.4, -0.2) is 96.2 Å². The zero-order valence-electron chi connectivity index (χ0n) is 33.3. The molecular formula is C38H61BrN6O5Si2. The van der Waals surface area contributed by atoms with Gasteiger partial charge in [0, 0.05) is 64.7 Å². The zero-order chi connectivity index (χ0) is 38.2. The van der Waals surface area contributed by atoms with Crippen molar-refractivity contribution >= 4 is 49.6 Å². The molecule has 2 bridgehead atoms. The highest BCUT2D eigenvalue weighted by Crippen LogP contribution is 2.47. The molecule has 288 valence electrons. The minimum Gasteiger partial charge on any atom is -0.444 e. The van der Waals surface area contributed by atoms with E-state index in [1.54, 1.807) is 20.0 Å². The van der Waals surface area contributed by atoms with Crippen LogP contribution in [0, 0.1) is 0 Å². The zero-order valence-corrected chi connectivity index (χ0v) is 36.8. The van der Waals surface area contributed by atoms with Crippen LogP contribution in [0.15, 0.2) is 29.0 Å². The summed E-state index contributed by atoms with van der Waals surface area (Å²) in [6, 6.07) is 6.12. The number of anilines is 1. The van der Waals surface area contributed by atoms with Crippen molar-refractivity contribution in [2.75, 3.05) is 31.6 Å². The Morgan fingerprint density at radius 1 is 0.942 bits per heavy atom. The first-order valence-corrected chi connectivity index (χ1v) is 27.0. The number of aromatic nitrogens is 4. The Morgan fingerprint density at radius 3 is 2.00 bits per heavy atom. The van der Waals surface area contributed by atoms with Crippen LogP contribution < -0.4 is 4.90 Å². The highest BCUT2D eigenvalue weighted by Gasteiger charge is 2.46. The molecule has 2 aliphatic rings. The minimum absolute atomic E-state index is 0.0841. The number of aliphatic hydroxyl groups is 1. The third-order valence-corrected chi connectivity index (χ3v) is 14.0. The second-order valence-corrected chi connectivity index (χ2v) is 30.6. The number of nitrogens with zero attached hydrogens (tertiary/aromatic N) is 6. The van der Waals surface area contributed by atoms with Crippen LogP contribution in [0.25, 0.3) is 16.8 Å². The maximum absolute atomic E-state index is 13.3. The first-order valence-electron chi connectivity index (χ1n) is 18.8. The first kappa shape index (κ1) is 40.8. The molecule has 11 nitrogen and oxygen atoms in total. The van der Waals surface area contributed by atoms with Gasteiger partial charge < -0.3 is 29.1 Å². The van der Waals surface area contributed by atoms with Gasteiger partial charge >= 0.3 is 6.09 Å². The van der Waals surface area contributed by atoms with Crippen LogP contribution in [0.5, 0.6) is 0 Å². The molecule has 0 spiro atoms. The number of hydrogen-bond acceptors (Lipinski definition) is 9. The number of amides is 1. The Labute approximate surface area is 321 Å². The molecule has 1 N–H and O–H groups in total. The van der Waals surface area contributed by atoms with Crippen molar-refractivity contribution in [2.45, 2.75) is 141 Å². The van der Waals surface area contributed by atoms with Crippen molar-refractivity contribution < 1.29 is 24.1 Å². The predicted octanol–water partition coefficient (Wildman–Crippen LogP) is 8.86. The molecule has 3 atom stereocenters. The fourth-order valence-corrected chi connectivity index (χ4v) is 9.26. The molecule has 14 heteroatoms. The lowest BCUT2D eigenvalue weighted by molar-refractivity contribution is 0.00565. The molecule has 0 aromatic carbocycles. The fraction of sp³-hybridized carbons (Fsp3) is 0.684. The van der Waals surface area contributed by atoms with Crippen molar-refractivity contribution in [3.63, 3.8) is 0 Å². The average molecular weight is 818 g/mol. The third kappa shape index (κ3) is 10.2. The Kier molecular flexibility index (Phi) is 12.4. The number of fused-ring (bicyclic) bond motifs is 3. The summed E-state index contributed by atoms with van der Waals surface area (Å²) in [5, 5.41) is 15.5. The Balaban J connectivity index is 1.57. The summed E-state index contributed by atoms with van der Waals surface area (Å²) < 4.78 is 21.4. The SMILES string of the molecule is CC(C)(C)OC(=O)N1C2CC[C@@H]1CC(c1nc3c(-c4ccc(C(C)(C)O)nc4)cnn3c(N(COCC[Si](C)(C)C)COCC[Si](C)(C)C)c1Br)C2. The van der Waals surface area contributed by atoms with Crippen LogP contribution in [0.4, 0.5) is 10.6 Å². The van der Waals surface area contributed by atoms with Gasteiger partial charge in [0.15, 0.2) is 11.5 Å². The molecule has 0 aliphatic carbocycles. The summed E-state index contributed by atoms with van der Waals surface area (Å²) >= 11 is 4.05. The maximum Gasteiger partial charge on any atom is 0.410 e. The van der Waals surface area contributed by atoms with Gasteiger partial charge in [-0.25, -0.2) is 9.78 Å². The maximum atomic E-state index is 13.3. The molecular weight excluding hydrogens is 757 g/mol. The molecule has 0 saturated carbocycles. The highest BCUT2D eigenvalue weighted by molar-refractivity contribution is 9.10. The number of carbonyl (C=O) groups excluding carboxylic acids is 1. The molecule has 2 aliphatic heterocycles. The lowest BCUT2D eigenvalue weighted by atomic mass is 9.88. The van der Waals surface area contributed by atoms with E-state index in [1.807, 2.05) is 48.5 Å². The monoisotopic (exact) mass is 816 g/mol. The average Bonchev–Trinajstić information content (AvgIpc) is 3.55. The number of halogens is 1. The van der Waals surface area contributed by atoms with E-state index < -0.39 is 27.3 Å². The molecule has 2 fully saturated rings. The molecule has 2 unspecified atom stereocenters. The summed E-state index contributed by atoms with van der Waals surface area (Å²) in [6.45, 7) is 25.4. The minimum atomic E-state index is -1.30. The van der Waals surface area contributed by atoms with Gasteiger partial charge in [0.25, 0.3) is 0 Å². The lowest BCUT2D eigenvalue weighted by Gasteiger charge is -2.39. The number of rotatable bonds is 14. The van der Waals surface area contributed by atoms with Gasteiger partial charge in [-0.05, 0) is 94.4 Å². The Morgan fingerprint density at radius 2 is 1.52 bits per heavy atom. The molecule has 5 heterocycles. The number of hydrogen-bond donors (Lipinski definition) is 1. The van der Waals surface area contributed by atoms with Crippen molar-refractivity contribution in [3.05, 3.63) is 40.4 Å². The van der Waals surface area contributed by atoms with E-state index in [0.29, 0.717) is 38.0 Å². The van der Waals surface area contributed by atoms with Gasteiger partial charge in [0.05, 0.1) is 22.1 Å². The summed E-state index contributed by atoms with van der Waals surface area (Å²) in [4.78, 5) is 27.4. The second-order valence-electron chi connectivity index (χ2n) is 18.6. The van der Waals surface area contributed by atoms with E-state index in [1.165, 1.54) is 0 Å². The molecule has 3 aromatic heterocycles. The topological polar surface area (TPSA) is 115 Å². The lowest BCUT2D eigenvalue weighted by Crippen LogP contribution is -2.48. The number of carbonyl (C=O) groups is 1. The number of ether oxygens (including phenoxy) is 3. The number of piperidine rings is 1. The molecule has 5 rings (SSSR count). The third-order valence-electron chi connectivity index (χ3n) is 9.80. The van der Waals surface area contributed by atoms with Gasteiger partial charge in [-0.2, -0.15) is 9.61 Å². The van der Waals surface area contributed by atoms with Crippen LogP contribution in [0.3, 0.4) is 0 Å². The van der Waals surface area contributed by atoms with Crippen LogP contribution in [0.1, 0.15) is 77.6 Å². The van der Waals surface area contributed by atoms with Gasteiger partial charge in [-0.15, -0.1) is 0 Å². The van der Waals surface area contributed by atoms with Crippen LogP contribution in [-0.2, 0) is 19.8 Å². The van der Waals surface area contributed by atoms with Crippen LogP contribution >= 0.6 is 15.9 Å². The highest BCUT2D eigenvalue weighted by atomic mass is 79.9. The summed E-state index contributed by atoms with van der Waals surface area (Å²) in [5.74, 6) is 0.936. The largest absolute Gasteiger partial charge is 0.444 e. The quantitative estimate of drug-likeness (QED) is 0.0969. The molecule has 0 radical (unpaired) electrons. The van der Waals surface area contributed by atoms with E-state index >= 15 is 0 Å². The summed E-state index contributed by atoms with van der Waals surface area (Å²) in [7, 11) is -2.59. The van der Waals surface area contributed by atoms with Crippen molar-refractivity contribution in [1.82, 2.24) is 24.5 Å². The Hall–Kier alpha value is -2.37. The Bertz CT molecular complexity index is 1660. The van der Waals surface area contributed by atoms with Crippen molar-refractivity contribution in [1.29, 1.82) is 0 Å². The molecule has 52 heavy (non-hydrogen) atoms. The van der Waals surface area contributed by atoms with Gasteiger partial charge in [-0.3, -0.25) is 4.98 Å². The van der Waals surface area contributed by atoms with Gasteiger partial charge in [0.1, 0.15) is 24.7 Å². The summed E-state index contributed by atoms with van der Waals surface area (Å²) in [6.07, 6.45) is 6.89. The standard InChI is InChI=1S/C38H61BrN6O5Si2/c1-37(2,3)50-36(46)44-28-13-14-29(44)21-27(20-28)33-32(39)35(43(24-48-16-18-51(6,7)8)25-49-17-19-52(9,10)11)45-34(42-33)30(23-41-45)26-12-15-31(40-22-26)38(4,5)47/h12,15,22-23,27-29,47H,13-14,16-21,24-25H2,1-11H3/t27?,28-,29?/m1/s1. The van der Waals surface area contributed by atoms with Crippen molar-refractivity contribution in [2.24, 2.45) is 0 Å². The predicted molar refractivity (Wildman–Crippen MR) is 216 cm³/mol. The van der Waals surface area contributed by atoms with Gasteiger partial charge in [-0.1, -0.05) is 45.3 Å². The summed E-state index contributed by atoms with van der Waals surface area (Å²) in [5.41, 5.74) is 2.35. The van der Waals surface area contributed by atoms with E-state index in [2.05, 4.69) is 65.1 Å². The number of pyridine rings is 1. The first-order chi connectivity index (χ1) is 24.1. The van der Waals surface area contributed by atoms with Gasteiger partial charge in [0.2, 0.25) is 0 Å². The van der Waals surface area contributed by atoms with E-state index in [4.69, 9.17) is 24.3 Å². The molecule has 2 saturated heterocycles. The van der Waals surface area contributed by atoms with Crippen molar-refractivity contribution in [3.8, 4) is 11.1 Å². The fourth-order valence-electron chi connectivity index (χ4n) is 6.92.